The number of hydrogen-bond donors (Lipinski definition) is 0. The molecule has 2 aromatic heterocycles. The number of aryl methyl sites for hydroxylation is 2. The Morgan fingerprint density at radius 1 is 1.03 bits per heavy atom. The molecule has 1 saturated heterocycles. The molecule has 1 aliphatic heterocycles. The number of thioether (sulfide) groups is 1. The van der Waals surface area contributed by atoms with E-state index < -0.39 is 5.76 Å². The van der Waals surface area contributed by atoms with Gasteiger partial charge in [-0.25, -0.2) is 14.6 Å². The lowest BCUT2D eigenvalue weighted by Gasteiger charge is -2.35. The maximum absolute atomic E-state index is 12.9. The zero-order valence-corrected chi connectivity index (χ0v) is 18.0. The number of carbonyl (C=O) groups excluding carboxylic acids is 1. The summed E-state index contributed by atoms with van der Waals surface area (Å²) in [5.74, 6) is -1.35. The first kappa shape index (κ1) is 21.2. The minimum absolute atomic E-state index is 0.227. The van der Waals surface area contributed by atoms with Gasteiger partial charge in [-0.15, -0.1) is 0 Å². The van der Waals surface area contributed by atoms with Crippen molar-refractivity contribution in [2.24, 2.45) is 0 Å². The molecule has 1 fully saturated rings. The lowest BCUT2D eigenvalue weighted by Crippen LogP contribution is -2.49. The zero-order valence-electron chi connectivity index (χ0n) is 17.2. The lowest BCUT2D eigenvalue weighted by atomic mass is 10.2. The van der Waals surface area contributed by atoms with Gasteiger partial charge in [0.2, 0.25) is 0 Å². The van der Waals surface area contributed by atoms with Crippen LogP contribution in [0.5, 0.6) is 0 Å². The number of aromatic nitrogens is 4. The van der Waals surface area contributed by atoms with Crippen molar-refractivity contribution < 1.29 is 13.6 Å². The summed E-state index contributed by atoms with van der Waals surface area (Å²) in [6.07, 6.45) is 1.51. The summed E-state index contributed by atoms with van der Waals surface area (Å²) in [5, 5.41) is 4.46. The molecule has 0 radical (unpaired) electrons. The fourth-order valence-corrected chi connectivity index (χ4v) is 4.27. The highest BCUT2D eigenvalue weighted by molar-refractivity contribution is 7.99. The predicted molar refractivity (Wildman–Crippen MR) is 115 cm³/mol. The summed E-state index contributed by atoms with van der Waals surface area (Å²) < 4.78 is 27.5. The van der Waals surface area contributed by atoms with Crippen LogP contribution in [0.2, 0.25) is 0 Å². The largest absolute Gasteiger partial charge is 0.353 e. The summed E-state index contributed by atoms with van der Waals surface area (Å²) in [6.45, 7) is 6.03. The monoisotopic (exact) mass is 444 g/mol. The van der Waals surface area contributed by atoms with Crippen LogP contribution >= 0.6 is 11.8 Å². The molecule has 0 atom stereocenters. The van der Waals surface area contributed by atoms with E-state index in [1.807, 2.05) is 26.0 Å². The van der Waals surface area contributed by atoms with E-state index in [4.69, 9.17) is 0 Å². The number of hydrogen-bond acceptors (Lipinski definition) is 6. The zero-order chi connectivity index (χ0) is 22.0. The summed E-state index contributed by atoms with van der Waals surface area (Å²) in [6, 6.07) is 10.4. The Labute approximate surface area is 183 Å². The van der Waals surface area contributed by atoms with Crippen molar-refractivity contribution in [3.05, 3.63) is 59.7 Å². The second-order valence-electron chi connectivity index (χ2n) is 7.23. The molecule has 0 N–H and O–H groups in total. The van der Waals surface area contributed by atoms with Gasteiger partial charge < -0.3 is 9.80 Å². The molecule has 3 aromatic rings. The summed E-state index contributed by atoms with van der Waals surface area (Å²) in [7, 11) is 0. The fraction of sp³-hybridized carbons (Fsp3) is 0.333. The van der Waals surface area contributed by atoms with E-state index >= 15 is 0 Å². The predicted octanol–water partition coefficient (Wildman–Crippen LogP) is 3.56. The van der Waals surface area contributed by atoms with Gasteiger partial charge in [0.15, 0.2) is 5.82 Å². The average Bonchev–Trinajstić information content (AvgIpc) is 3.11. The topological polar surface area (TPSA) is 67.2 Å². The van der Waals surface area contributed by atoms with Crippen LogP contribution in [0.4, 0.5) is 14.6 Å². The highest BCUT2D eigenvalue weighted by atomic mass is 32.2. The minimum Gasteiger partial charge on any atom is -0.353 e. The summed E-state index contributed by atoms with van der Waals surface area (Å²) in [4.78, 5) is 25.7. The molecule has 3 heterocycles. The van der Waals surface area contributed by atoms with Crippen molar-refractivity contribution in [3.8, 4) is 5.82 Å². The minimum atomic E-state index is -2.57. The van der Waals surface area contributed by atoms with Crippen LogP contribution in [-0.4, -0.2) is 62.5 Å². The van der Waals surface area contributed by atoms with Gasteiger partial charge in [-0.05, 0) is 32.0 Å². The molecule has 1 amide bonds. The SMILES string of the molecule is Cc1cc(C)n(-c2cc(N3CCN(C(=O)c4ccccc4SC(F)F)CC3)ncn2)n1. The third-order valence-electron chi connectivity index (χ3n) is 5.09. The van der Waals surface area contributed by atoms with E-state index in [1.54, 1.807) is 33.8 Å². The van der Waals surface area contributed by atoms with Crippen molar-refractivity contribution in [3.63, 3.8) is 0 Å². The Balaban J connectivity index is 1.46. The standard InChI is InChI=1S/C21H22F2N6OS/c1-14-11-15(2)29(26-14)19-12-18(24-13-25-19)27-7-9-28(10-8-27)20(30)16-5-3-4-6-17(16)31-21(22)23/h3-6,11-13,21H,7-10H2,1-2H3. The van der Waals surface area contributed by atoms with E-state index in [0.29, 0.717) is 54.2 Å². The number of alkyl halides is 2. The molecule has 0 saturated carbocycles. The van der Waals surface area contributed by atoms with Gasteiger partial charge in [0, 0.05) is 42.8 Å². The molecule has 10 heteroatoms. The van der Waals surface area contributed by atoms with Crippen LogP contribution in [0.3, 0.4) is 0 Å². The molecule has 1 aliphatic rings. The van der Waals surface area contributed by atoms with Crippen molar-refractivity contribution in [1.29, 1.82) is 0 Å². The molecule has 1 aromatic carbocycles. The van der Waals surface area contributed by atoms with Gasteiger partial charge in [-0.2, -0.15) is 13.9 Å². The van der Waals surface area contributed by atoms with Crippen LogP contribution in [0.25, 0.3) is 5.82 Å². The van der Waals surface area contributed by atoms with E-state index in [1.165, 1.54) is 6.33 Å². The normalized spacial score (nSPS) is 14.4. The maximum atomic E-state index is 12.9. The van der Waals surface area contributed by atoms with E-state index in [2.05, 4.69) is 20.0 Å². The average molecular weight is 445 g/mol. The van der Waals surface area contributed by atoms with Gasteiger partial charge in [0.25, 0.3) is 11.7 Å². The fourth-order valence-electron chi connectivity index (χ4n) is 3.64. The summed E-state index contributed by atoms with van der Waals surface area (Å²) >= 11 is 0.401. The van der Waals surface area contributed by atoms with E-state index in [0.717, 1.165) is 17.2 Å². The number of benzene rings is 1. The van der Waals surface area contributed by atoms with Gasteiger partial charge in [0.1, 0.15) is 12.1 Å². The quantitative estimate of drug-likeness (QED) is 0.561. The number of amides is 1. The van der Waals surface area contributed by atoms with Gasteiger partial charge in [-0.1, -0.05) is 23.9 Å². The molecular weight excluding hydrogens is 422 g/mol. The number of rotatable bonds is 5. The van der Waals surface area contributed by atoms with Crippen LogP contribution in [-0.2, 0) is 0 Å². The van der Waals surface area contributed by atoms with Gasteiger partial charge in [0.05, 0.1) is 11.3 Å². The first-order valence-electron chi connectivity index (χ1n) is 9.86. The van der Waals surface area contributed by atoms with E-state index in [-0.39, 0.29) is 5.91 Å². The first-order valence-corrected chi connectivity index (χ1v) is 10.7. The lowest BCUT2D eigenvalue weighted by molar-refractivity contribution is 0.0743. The molecule has 0 spiro atoms. The molecule has 162 valence electrons. The molecule has 0 aliphatic carbocycles. The molecule has 0 bridgehead atoms. The molecule has 7 nitrogen and oxygen atoms in total. The Kier molecular flexibility index (Phi) is 6.17. The molecule has 4 rings (SSSR count). The number of anilines is 1. The Hall–Kier alpha value is -3.01. The second kappa shape index (κ2) is 9.01. The summed E-state index contributed by atoms with van der Waals surface area (Å²) in [5.41, 5.74) is 2.21. The Morgan fingerprint density at radius 2 is 1.74 bits per heavy atom. The smallest absolute Gasteiger partial charge is 0.288 e. The van der Waals surface area contributed by atoms with Crippen LogP contribution in [0.15, 0.2) is 47.6 Å². The third kappa shape index (κ3) is 4.68. The highest BCUT2D eigenvalue weighted by Crippen LogP contribution is 2.29. The number of nitrogens with zero attached hydrogens (tertiary/aromatic N) is 6. The second-order valence-corrected chi connectivity index (χ2v) is 8.26. The van der Waals surface area contributed by atoms with Crippen molar-refractivity contribution in [2.75, 3.05) is 31.1 Å². The van der Waals surface area contributed by atoms with Gasteiger partial charge in [-0.3, -0.25) is 4.79 Å². The molecular formula is C21H22F2N6OS. The maximum Gasteiger partial charge on any atom is 0.288 e. The van der Waals surface area contributed by atoms with Crippen LogP contribution in [0.1, 0.15) is 21.7 Å². The molecule has 0 unspecified atom stereocenters. The van der Waals surface area contributed by atoms with Gasteiger partial charge >= 0.3 is 0 Å². The van der Waals surface area contributed by atoms with Crippen LogP contribution < -0.4 is 4.90 Å². The molecule has 31 heavy (non-hydrogen) atoms. The number of carbonyl (C=O) groups is 1. The third-order valence-corrected chi connectivity index (χ3v) is 5.88. The number of halogens is 2. The first-order chi connectivity index (χ1) is 14.9. The van der Waals surface area contributed by atoms with Crippen molar-refractivity contribution in [1.82, 2.24) is 24.6 Å². The Bertz CT molecular complexity index is 1080. The van der Waals surface area contributed by atoms with Crippen molar-refractivity contribution >= 4 is 23.5 Å². The highest BCUT2D eigenvalue weighted by Gasteiger charge is 2.25. The van der Waals surface area contributed by atoms with Crippen molar-refractivity contribution in [2.45, 2.75) is 24.5 Å². The van der Waals surface area contributed by atoms with Crippen LogP contribution in [0, 0.1) is 13.8 Å². The van der Waals surface area contributed by atoms with E-state index in [9.17, 15) is 13.6 Å². The number of piperazine rings is 1. The Morgan fingerprint density at radius 3 is 2.42 bits per heavy atom.